The van der Waals surface area contributed by atoms with E-state index in [0.29, 0.717) is 6.42 Å². The summed E-state index contributed by atoms with van der Waals surface area (Å²) in [6, 6.07) is 9.91. The van der Waals surface area contributed by atoms with E-state index in [1.807, 2.05) is 18.2 Å². The van der Waals surface area contributed by atoms with Gasteiger partial charge in [-0.3, -0.25) is 4.79 Å². The average Bonchev–Trinajstić information content (AvgIpc) is 2.17. The summed E-state index contributed by atoms with van der Waals surface area (Å²) in [5.74, 6) is -0.0222. The molecule has 0 aliphatic rings. The van der Waals surface area contributed by atoms with Gasteiger partial charge in [-0.2, -0.15) is 5.26 Å². The monoisotopic (exact) mass is 215 g/mol. The van der Waals surface area contributed by atoms with Crippen molar-refractivity contribution in [3.63, 3.8) is 0 Å². The van der Waals surface area contributed by atoms with Gasteiger partial charge in [0.05, 0.1) is 12.5 Å². The lowest BCUT2D eigenvalue weighted by atomic mass is 9.86. The van der Waals surface area contributed by atoms with Crippen molar-refractivity contribution in [3.8, 4) is 6.07 Å². The molecule has 2 nitrogen and oxygen atoms in total. The van der Waals surface area contributed by atoms with E-state index in [1.165, 1.54) is 5.56 Å². The first kappa shape index (κ1) is 12.4. The molecule has 0 unspecified atom stereocenters. The molecule has 0 aliphatic heterocycles. The van der Waals surface area contributed by atoms with Gasteiger partial charge in [-0.15, -0.1) is 0 Å². The first-order valence-electron chi connectivity index (χ1n) is 5.41. The molecule has 0 atom stereocenters. The van der Waals surface area contributed by atoms with Gasteiger partial charge in [0.1, 0.15) is 0 Å². The standard InChI is InChI=1S/C14H17NO/c1-14(2,3)12-6-4-11(5-7-12)10-13(16)8-9-15/h4-7H,8,10H2,1-3H3. The molecule has 0 aromatic heterocycles. The van der Waals surface area contributed by atoms with Crippen LogP contribution < -0.4 is 0 Å². The average molecular weight is 215 g/mol. The van der Waals surface area contributed by atoms with Crippen molar-refractivity contribution in [2.75, 3.05) is 0 Å². The number of Topliss-reactive ketones (excluding diaryl/α,β-unsaturated/α-hetero) is 1. The molecule has 1 rings (SSSR count). The fourth-order valence-electron chi connectivity index (χ4n) is 1.50. The predicted molar refractivity (Wildman–Crippen MR) is 64.1 cm³/mol. The van der Waals surface area contributed by atoms with Gasteiger partial charge in [-0.05, 0) is 16.5 Å². The van der Waals surface area contributed by atoms with Gasteiger partial charge in [0.15, 0.2) is 5.78 Å². The number of benzene rings is 1. The lowest BCUT2D eigenvalue weighted by molar-refractivity contribution is -0.117. The molecule has 1 aromatic carbocycles. The van der Waals surface area contributed by atoms with E-state index in [0.717, 1.165) is 5.56 Å². The topological polar surface area (TPSA) is 40.9 Å². The summed E-state index contributed by atoms with van der Waals surface area (Å²) in [4.78, 5) is 11.3. The zero-order valence-electron chi connectivity index (χ0n) is 10.1. The highest BCUT2D eigenvalue weighted by Gasteiger charge is 2.13. The van der Waals surface area contributed by atoms with Crippen LogP contribution in [0.3, 0.4) is 0 Å². The Kier molecular flexibility index (Phi) is 3.84. The minimum Gasteiger partial charge on any atom is -0.298 e. The smallest absolute Gasteiger partial charge is 0.151 e. The minimum atomic E-state index is -0.0222. The summed E-state index contributed by atoms with van der Waals surface area (Å²) in [5, 5.41) is 8.39. The minimum absolute atomic E-state index is 0.00101. The van der Waals surface area contributed by atoms with Crippen LogP contribution in [0.15, 0.2) is 24.3 Å². The number of nitrogens with zero attached hydrogens (tertiary/aromatic N) is 1. The van der Waals surface area contributed by atoms with E-state index in [-0.39, 0.29) is 17.6 Å². The molecule has 0 spiro atoms. The van der Waals surface area contributed by atoms with Crippen molar-refractivity contribution in [1.82, 2.24) is 0 Å². The van der Waals surface area contributed by atoms with Gasteiger partial charge in [-0.25, -0.2) is 0 Å². The summed E-state index contributed by atoms with van der Waals surface area (Å²) < 4.78 is 0. The van der Waals surface area contributed by atoms with Gasteiger partial charge < -0.3 is 0 Å². The highest BCUT2D eigenvalue weighted by molar-refractivity contribution is 5.82. The molecule has 0 amide bonds. The van der Waals surface area contributed by atoms with Crippen LogP contribution in [0, 0.1) is 11.3 Å². The van der Waals surface area contributed by atoms with Crippen molar-refractivity contribution in [3.05, 3.63) is 35.4 Å². The molecule has 0 aliphatic carbocycles. The second kappa shape index (κ2) is 4.94. The van der Waals surface area contributed by atoms with E-state index in [4.69, 9.17) is 5.26 Å². The number of hydrogen-bond acceptors (Lipinski definition) is 2. The Bertz CT molecular complexity index is 404. The number of carbonyl (C=O) groups is 1. The fraction of sp³-hybridized carbons (Fsp3) is 0.429. The third-order valence-electron chi connectivity index (χ3n) is 2.50. The molecule has 0 radical (unpaired) electrons. The molecule has 1 aromatic rings. The Morgan fingerprint density at radius 2 is 1.81 bits per heavy atom. The predicted octanol–water partition coefficient (Wildman–Crippen LogP) is 3.01. The summed E-state index contributed by atoms with van der Waals surface area (Å²) in [6.07, 6.45) is 0.360. The van der Waals surface area contributed by atoms with Crippen LogP contribution in [-0.2, 0) is 16.6 Å². The third kappa shape index (κ3) is 3.51. The van der Waals surface area contributed by atoms with Crippen LogP contribution in [0.25, 0.3) is 0 Å². The molecule has 0 fully saturated rings. The Morgan fingerprint density at radius 1 is 1.25 bits per heavy atom. The largest absolute Gasteiger partial charge is 0.298 e. The number of hydrogen-bond donors (Lipinski definition) is 0. The van der Waals surface area contributed by atoms with Crippen molar-refractivity contribution in [2.24, 2.45) is 0 Å². The Labute approximate surface area is 96.9 Å². The maximum Gasteiger partial charge on any atom is 0.151 e. The Morgan fingerprint density at radius 3 is 2.25 bits per heavy atom. The van der Waals surface area contributed by atoms with Crippen LogP contribution in [0.5, 0.6) is 0 Å². The van der Waals surface area contributed by atoms with E-state index in [2.05, 4.69) is 32.9 Å². The molecule has 0 saturated heterocycles. The van der Waals surface area contributed by atoms with Gasteiger partial charge in [0, 0.05) is 6.42 Å². The molecule has 0 N–H and O–H groups in total. The van der Waals surface area contributed by atoms with E-state index < -0.39 is 0 Å². The number of ketones is 1. The van der Waals surface area contributed by atoms with Crippen LogP contribution in [0.2, 0.25) is 0 Å². The second-order valence-electron chi connectivity index (χ2n) is 5.00. The molecule has 0 bridgehead atoms. The molecule has 0 saturated carbocycles. The summed E-state index contributed by atoms with van der Waals surface area (Å²) in [6.45, 7) is 6.47. The van der Waals surface area contributed by atoms with Crippen molar-refractivity contribution >= 4 is 5.78 Å². The van der Waals surface area contributed by atoms with E-state index in [1.54, 1.807) is 0 Å². The summed E-state index contributed by atoms with van der Waals surface area (Å²) >= 11 is 0. The number of carbonyl (C=O) groups excluding carboxylic acids is 1. The van der Waals surface area contributed by atoms with Crippen molar-refractivity contribution in [1.29, 1.82) is 5.26 Å². The van der Waals surface area contributed by atoms with Gasteiger partial charge >= 0.3 is 0 Å². The molecule has 16 heavy (non-hydrogen) atoms. The SMILES string of the molecule is CC(C)(C)c1ccc(CC(=O)CC#N)cc1. The molecular formula is C14H17NO. The highest BCUT2D eigenvalue weighted by Crippen LogP contribution is 2.22. The maximum absolute atomic E-state index is 11.3. The van der Waals surface area contributed by atoms with Crippen molar-refractivity contribution in [2.45, 2.75) is 39.0 Å². The number of rotatable bonds is 3. The van der Waals surface area contributed by atoms with Crippen molar-refractivity contribution < 1.29 is 4.79 Å². The van der Waals surface area contributed by atoms with Crippen LogP contribution in [-0.4, -0.2) is 5.78 Å². The first-order chi connectivity index (χ1) is 7.43. The van der Waals surface area contributed by atoms with Gasteiger partial charge in [-0.1, -0.05) is 45.0 Å². The molecule has 0 heterocycles. The van der Waals surface area contributed by atoms with E-state index in [9.17, 15) is 4.79 Å². The summed E-state index contributed by atoms with van der Waals surface area (Å²) in [5.41, 5.74) is 2.37. The molecular weight excluding hydrogens is 198 g/mol. The van der Waals surface area contributed by atoms with Crippen LogP contribution in [0.4, 0.5) is 0 Å². The highest BCUT2D eigenvalue weighted by atomic mass is 16.1. The van der Waals surface area contributed by atoms with Crippen LogP contribution in [0.1, 0.15) is 38.3 Å². The lowest BCUT2D eigenvalue weighted by Crippen LogP contribution is -2.11. The van der Waals surface area contributed by atoms with E-state index >= 15 is 0 Å². The summed E-state index contributed by atoms with van der Waals surface area (Å²) in [7, 11) is 0. The fourth-order valence-corrected chi connectivity index (χ4v) is 1.50. The quantitative estimate of drug-likeness (QED) is 0.777. The Balaban J connectivity index is 2.73. The number of nitriles is 1. The zero-order chi connectivity index (χ0) is 12.2. The van der Waals surface area contributed by atoms with Crippen LogP contribution >= 0.6 is 0 Å². The molecule has 2 heteroatoms. The first-order valence-corrected chi connectivity index (χ1v) is 5.41. The Hall–Kier alpha value is -1.62. The van der Waals surface area contributed by atoms with Gasteiger partial charge in [0.2, 0.25) is 0 Å². The third-order valence-corrected chi connectivity index (χ3v) is 2.50. The molecule has 84 valence electrons. The van der Waals surface area contributed by atoms with Gasteiger partial charge in [0.25, 0.3) is 0 Å². The zero-order valence-corrected chi connectivity index (χ0v) is 10.1. The second-order valence-corrected chi connectivity index (χ2v) is 5.00. The normalized spacial score (nSPS) is 10.9. The maximum atomic E-state index is 11.3. The lowest BCUT2D eigenvalue weighted by Gasteiger charge is -2.19.